The number of carbonyl (C=O) groups excluding carboxylic acids is 2. The number of aryl methyl sites for hydroxylation is 1. The van der Waals surface area contributed by atoms with E-state index in [0.717, 1.165) is 25.7 Å². The van der Waals surface area contributed by atoms with Crippen LogP contribution in [-0.2, 0) is 20.7 Å². The summed E-state index contributed by atoms with van der Waals surface area (Å²) < 4.78 is 10.7. The Hall–Kier alpha value is -1.92. The monoisotopic (exact) mass is 388 g/mol. The fourth-order valence-electron chi connectivity index (χ4n) is 6.21. The van der Waals surface area contributed by atoms with Crippen molar-refractivity contribution in [3.63, 3.8) is 0 Å². The Morgan fingerprint density at radius 2 is 1.86 bits per heavy atom. The summed E-state index contributed by atoms with van der Waals surface area (Å²) in [5.41, 5.74) is 2.00. The summed E-state index contributed by atoms with van der Waals surface area (Å²) in [5, 5.41) is 21.5. The molecule has 0 amide bonds. The molecule has 2 saturated carbocycles. The molecular formula is C22H28O6. The minimum absolute atomic E-state index is 0.119. The van der Waals surface area contributed by atoms with Crippen LogP contribution in [-0.4, -0.2) is 40.5 Å². The van der Waals surface area contributed by atoms with Crippen molar-refractivity contribution in [2.24, 2.45) is 17.3 Å². The molecule has 0 aromatic heterocycles. The molecule has 2 fully saturated rings. The highest BCUT2D eigenvalue weighted by Gasteiger charge is 2.64. The number of ether oxygens (including phenoxy) is 2. The van der Waals surface area contributed by atoms with Gasteiger partial charge in [-0.2, -0.15) is 0 Å². The van der Waals surface area contributed by atoms with Gasteiger partial charge in [-0.25, -0.2) is 0 Å². The minimum atomic E-state index is -1.05. The molecule has 152 valence electrons. The molecule has 1 aromatic rings. The molecule has 2 N–H and O–H groups in total. The van der Waals surface area contributed by atoms with E-state index in [2.05, 4.69) is 0 Å². The van der Waals surface area contributed by atoms with Crippen molar-refractivity contribution in [2.45, 2.75) is 70.7 Å². The smallest absolute Gasteiger partial charge is 0.308 e. The van der Waals surface area contributed by atoms with E-state index in [0.29, 0.717) is 5.75 Å². The van der Waals surface area contributed by atoms with Crippen LogP contribution in [0, 0.1) is 17.3 Å². The van der Waals surface area contributed by atoms with Crippen LogP contribution in [0.4, 0.5) is 0 Å². The van der Waals surface area contributed by atoms with Gasteiger partial charge in [0.15, 0.2) is 0 Å². The zero-order valence-corrected chi connectivity index (χ0v) is 16.6. The summed E-state index contributed by atoms with van der Waals surface area (Å²) in [4.78, 5) is 22.8. The molecule has 0 spiro atoms. The normalized spacial score (nSPS) is 38.8. The lowest BCUT2D eigenvalue weighted by Crippen LogP contribution is -2.47. The van der Waals surface area contributed by atoms with Crippen LogP contribution in [0.3, 0.4) is 0 Å². The Kier molecular flexibility index (Phi) is 4.74. The molecule has 0 bridgehead atoms. The van der Waals surface area contributed by atoms with Gasteiger partial charge in [-0.1, -0.05) is 13.0 Å². The van der Waals surface area contributed by atoms with Crippen molar-refractivity contribution in [3.05, 3.63) is 29.3 Å². The predicted molar refractivity (Wildman–Crippen MR) is 101 cm³/mol. The van der Waals surface area contributed by atoms with E-state index < -0.39 is 29.7 Å². The van der Waals surface area contributed by atoms with Gasteiger partial charge in [-0.3, -0.25) is 9.59 Å². The number of aliphatic hydroxyl groups excluding tert-OH is 2. The zero-order valence-electron chi connectivity index (χ0n) is 16.6. The van der Waals surface area contributed by atoms with E-state index in [9.17, 15) is 19.8 Å². The van der Waals surface area contributed by atoms with Crippen LogP contribution in [0.15, 0.2) is 18.2 Å². The topological polar surface area (TPSA) is 93.1 Å². The second-order valence-electron chi connectivity index (χ2n) is 8.84. The van der Waals surface area contributed by atoms with Gasteiger partial charge in [0.1, 0.15) is 18.0 Å². The molecule has 0 heterocycles. The summed E-state index contributed by atoms with van der Waals surface area (Å²) in [5.74, 6) is 0.194. The van der Waals surface area contributed by atoms with Crippen molar-refractivity contribution < 1.29 is 29.3 Å². The van der Waals surface area contributed by atoms with Gasteiger partial charge in [-0.05, 0) is 66.7 Å². The molecule has 4 unspecified atom stereocenters. The average molecular weight is 388 g/mol. The van der Waals surface area contributed by atoms with Crippen LogP contribution in [0.1, 0.15) is 57.1 Å². The predicted octanol–water partition coefficient (Wildman–Crippen LogP) is 2.34. The maximum absolute atomic E-state index is 11.6. The SMILES string of the molecule is CC(=O)Oc1ccc2c(c1)CCC1C2CC[C@]2(C)C(OC(C)=O)[C@@H](O)[C@@H](O)C12. The standard InChI is InChI=1S/C22H28O6/c1-11(23)27-14-5-7-15-13(10-14)4-6-17-16(15)8-9-22(3)18(17)19(25)20(26)21(22)28-12(2)24/h5,7,10,16-21,25-26H,4,6,8-9H2,1-3H3/t16?,17?,18?,19-,20-,21?,22-/m0/s1. The quantitative estimate of drug-likeness (QED) is 0.597. The van der Waals surface area contributed by atoms with Crippen molar-refractivity contribution in [1.82, 2.24) is 0 Å². The Morgan fingerprint density at radius 1 is 1.11 bits per heavy atom. The van der Waals surface area contributed by atoms with Crippen molar-refractivity contribution in [2.75, 3.05) is 0 Å². The summed E-state index contributed by atoms with van der Waals surface area (Å²) in [6.45, 7) is 4.78. The first kappa shape index (κ1) is 19.4. The Balaban J connectivity index is 1.65. The van der Waals surface area contributed by atoms with Crippen LogP contribution in [0.25, 0.3) is 0 Å². The molecule has 0 aliphatic heterocycles. The lowest BCUT2D eigenvalue weighted by Gasteiger charge is -2.50. The van der Waals surface area contributed by atoms with Gasteiger partial charge in [0.2, 0.25) is 0 Å². The molecule has 3 aliphatic rings. The molecule has 4 rings (SSSR count). The Morgan fingerprint density at radius 3 is 2.54 bits per heavy atom. The molecule has 1 aromatic carbocycles. The highest BCUT2D eigenvalue weighted by molar-refractivity contribution is 5.69. The lowest BCUT2D eigenvalue weighted by molar-refractivity contribution is -0.161. The van der Waals surface area contributed by atoms with Gasteiger partial charge >= 0.3 is 11.9 Å². The van der Waals surface area contributed by atoms with Crippen LogP contribution in [0.2, 0.25) is 0 Å². The minimum Gasteiger partial charge on any atom is -0.459 e. The number of esters is 2. The molecule has 0 saturated heterocycles. The summed E-state index contributed by atoms with van der Waals surface area (Å²) in [6, 6.07) is 5.81. The first-order valence-corrected chi connectivity index (χ1v) is 10.1. The fraction of sp³-hybridized carbons (Fsp3) is 0.636. The number of carbonyl (C=O) groups is 2. The molecular weight excluding hydrogens is 360 g/mol. The molecule has 6 heteroatoms. The fourth-order valence-corrected chi connectivity index (χ4v) is 6.21. The number of hydrogen-bond donors (Lipinski definition) is 2. The maximum Gasteiger partial charge on any atom is 0.308 e. The summed E-state index contributed by atoms with van der Waals surface area (Å²) in [7, 11) is 0. The van der Waals surface area contributed by atoms with Crippen molar-refractivity contribution in [1.29, 1.82) is 0 Å². The van der Waals surface area contributed by atoms with E-state index in [1.807, 2.05) is 25.1 Å². The van der Waals surface area contributed by atoms with Gasteiger partial charge < -0.3 is 19.7 Å². The molecule has 3 aliphatic carbocycles. The van der Waals surface area contributed by atoms with E-state index >= 15 is 0 Å². The van der Waals surface area contributed by atoms with E-state index in [4.69, 9.17) is 9.47 Å². The number of rotatable bonds is 2. The third kappa shape index (κ3) is 2.94. The van der Waals surface area contributed by atoms with E-state index in [1.165, 1.54) is 25.0 Å². The molecule has 0 radical (unpaired) electrons. The molecule has 28 heavy (non-hydrogen) atoms. The Labute approximate surface area is 164 Å². The third-order valence-corrected chi connectivity index (χ3v) is 7.23. The number of fused-ring (bicyclic) bond motifs is 5. The van der Waals surface area contributed by atoms with Gasteiger partial charge in [0, 0.05) is 19.3 Å². The second-order valence-corrected chi connectivity index (χ2v) is 8.84. The number of hydrogen-bond acceptors (Lipinski definition) is 6. The number of benzene rings is 1. The first-order valence-electron chi connectivity index (χ1n) is 10.1. The third-order valence-electron chi connectivity index (χ3n) is 7.23. The van der Waals surface area contributed by atoms with Crippen LogP contribution >= 0.6 is 0 Å². The maximum atomic E-state index is 11.6. The van der Waals surface area contributed by atoms with Gasteiger partial charge in [-0.15, -0.1) is 0 Å². The summed E-state index contributed by atoms with van der Waals surface area (Å²) >= 11 is 0. The first-order chi connectivity index (χ1) is 13.2. The highest BCUT2D eigenvalue weighted by Crippen LogP contribution is 2.61. The summed E-state index contributed by atoms with van der Waals surface area (Å²) in [6.07, 6.45) is 0.787. The van der Waals surface area contributed by atoms with E-state index in [-0.39, 0.29) is 23.7 Å². The highest BCUT2D eigenvalue weighted by atomic mass is 16.6. The second kappa shape index (κ2) is 6.85. The van der Waals surface area contributed by atoms with Crippen LogP contribution < -0.4 is 4.74 Å². The van der Waals surface area contributed by atoms with E-state index in [1.54, 1.807) is 0 Å². The van der Waals surface area contributed by atoms with Gasteiger partial charge in [0.05, 0.1) is 6.10 Å². The van der Waals surface area contributed by atoms with Crippen molar-refractivity contribution in [3.8, 4) is 5.75 Å². The zero-order chi connectivity index (χ0) is 20.2. The largest absolute Gasteiger partial charge is 0.459 e. The number of aliphatic hydroxyl groups is 2. The average Bonchev–Trinajstić information content (AvgIpc) is 2.81. The van der Waals surface area contributed by atoms with Crippen molar-refractivity contribution >= 4 is 11.9 Å². The Bertz CT molecular complexity index is 804. The molecule has 7 atom stereocenters. The van der Waals surface area contributed by atoms with Crippen LogP contribution in [0.5, 0.6) is 5.75 Å². The van der Waals surface area contributed by atoms with Gasteiger partial charge in [0.25, 0.3) is 0 Å². The molecule has 6 nitrogen and oxygen atoms in total. The lowest BCUT2D eigenvalue weighted by atomic mass is 9.55.